The Morgan fingerprint density at radius 3 is 2.32 bits per heavy atom. The van der Waals surface area contributed by atoms with Crippen molar-refractivity contribution in [1.29, 1.82) is 0 Å². The summed E-state index contributed by atoms with van der Waals surface area (Å²) in [5, 5.41) is 20.2. The van der Waals surface area contributed by atoms with Crippen LogP contribution in [0.1, 0.15) is 25.7 Å². The molecule has 7 heteroatoms. The van der Waals surface area contributed by atoms with E-state index in [9.17, 15) is 10.0 Å². The number of halogens is 1. The second-order valence-electron chi connectivity index (χ2n) is 6.73. The van der Waals surface area contributed by atoms with Gasteiger partial charge in [0.1, 0.15) is 30.3 Å². The number of carboxylic acid groups (broad SMARTS) is 1. The first-order valence-electron chi connectivity index (χ1n) is 9.16. The van der Waals surface area contributed by atoms with E-state index in [1.54, 1.807) is 54.8 Å². The number of nitrogens with zero attached hydrogens (tertiary/aromatic N) is 1. The van der Waals surface area contributed by atoms with E-state index in [4.69, 9.17) is 26.2 Å². The summed E-state index contributed by atoms with van der Waals surface area (Å²) >= 11 is 5.86. The van der Waals surface area contributed by atoms with Gasteiger partial charge in [-0.05, 0) is 48.5 Å². The number of aliphatic carboxylic acids is 1. The predicted molar refractivity (Wildman–Crippen MR) is 105 cm³/mol. The SMILES string of the molecule is O=C(O)CCC[N+]1(O)CCC/C1=C/Oc1ccc(Oc2ccc(Cl)cc2)cc1. The number of likely N-dealkylation sites (tertiary alicyclic amines) is 1. The molecular formula is C21H23ClNO5+. The molecule has 28 heavy (non-hydrogen) atoms. The van der Waals surface area contributed by atoms with Gasteiger partial charge in [-0.1, -0.05) is 11.6 Å². The van der Waals surface area contributed by atoms with Crippen LogP contribution in [0.15, 0.2) is 60.5 Å². The highest BCUT2D eigenvalue weighted by molar-refractivity contribution is 6.30. The molecule has 1 fully saturated rings. The first kappa shape index (κ1) is 20.2. The minimum absolute atomic E-state index is 0.0454. The van der Waals surface area contributed by atoms with E-state index in [1.165, 1.54) is 0 Å². The number of rotatable bonds is 8. The Bertz CT molecular complexity index is 835. The first-order chi connectivity index (χ1) is 13.4. The van der Waals surface area contributed by atoms with Gasteiger partial charge in [0.05, 0.1) is 6.42 Å². The number of hydrogen-bond acceptors (Lipinski definition) is 4. The summed E-state index contributed by atoms with van der Waals surface area (Å²) in [6, 6.07) is 14.3. The highest BCUT2D eigenvalue weighted by Gasteiger charge is 2.37. The third kappa shape index (κ3) is 5.48. The lowest BCUT2D eigenvalue weighted by molar-refractivity contribution is -1.07. The van der Waals surface area contributed by atoms with Gasteiger partial charge in [-0.2, -0.15) is 4.65 Å². The van der Waals surface area contributed by atoms with Gasteiger partial charge in [-0.15, -0.1) is 0 Å². The normalized spacial score (nSPS) is 20.3. The zero-order valence-electron chi connectivity index (χ0n) is 15.4. The third-order valence-electron chi connectivity index (χ3n) is 4.62. The van der Waals surface area contributed by atoms with Crippen molar-refractivity contribution in [2.75, 3.05) is 13.1 Å². The fourth-order valence-corrected chi connectivity index (χ4v) is 3.26. The molecule has 1 unspecified atom stereocenters. The molecule has 0 aromatic heterocycles. The van der Waals surface area contributed by atoms with Crippen LogP contribution in [0.2, 0.25) is 5.02 Å². The fourth-order valence-electron chi connectivity index (χ4n) is 3.14. The Balaban J connectivity index is 1.58. The molecule has 0 bridgehead atoms. The van der Waals surface area contributed by atoms with Gasteiger partial charge in [0.15, 0.2) is 12.0 Å². The number of quaternary nitrogens is 1. The Hall–Kier alpha value is -2.54. The molecule has 3 rings (SSSR count). The Kier molecular flexibility index (Phi) is 6.57. The molecule has 2 aromatic rings. The summed E-state index contributed by atoms with van der Waals surface area (Å²) in [6.07, 6.45) is 3.60. The number of hydroxylamine groups is 3. The minimum Gasteiger partial charge on any atom is -0.481 e. The smallest absolute Gasteiger partial charge is 0.303 e. The largest absolute Gasteiger partial charge is 0.481 e. The summed E-state index contributed by atoms with van der Waals surface area (Å²) in [5.41, 5.74) is 0.756. The molecule has 2 aromatic carbocycles. The first-order valence-corrected chi connectivity index (χ1v) is 9.54. The zero-order valence-corrected chi connectivity index (χ0v) is 16.1. The van der Waals surface area contributed by atoms with Gasteiger partial charge in [0.25, 0.3) is 0 Å². The van der Waals surface area contributed by atoms with Crippen LogP contribution in [0.5, 0.6) is 17.2 Å². The second kappa shape index (κ2) is 9.10. The summed E-state index contributed by atoms with van der Waals surface area (Å²) in [4.78, 5) is 10.7. The molecule has 0 radical (unpaired) electrons. The van der Waals surface area contributed by atoms with Crippen LogP contribution in [-0.2, 0) is 4.79 Å². The lowest BCUT2D eigenvalue weighted by Gasteiger charge is -2.25. The van der Waals surface area contributed by atoms with E-state index >= 15 is 0 Å². The summed E-state index contributed by atoms with van der Waals surface area (Å²) in [6.45, 7) is 0.943. The van der Waals surface area contributed by atoms with Crippen LogP contribution in [0.25, 0.3) is 0 Å². The summed E-state index contributed by atoms with van der Waals surface area (Å²) < 4.78 is 11.2. The van der Waals surface area contributed by atoms with Crippen LogP contribution < -0.4 is 9.47 Å². The van der Waals surface area contributed by atoms with E-state index in [1.807, 2.05) is 0 Å². The molecule has 0 aliphatic carbocycles. The van der Waals surface area contributed by atoms with E-state index in [0.717, 1.165) is 18.5 Å². The van der Waals surface area contributed by atoms with Crippen LogP contribution in [0.4, 0.5) is 0 Å². The van der Waals surface area contributed by atoms with Crippen molar-refractivity contribution in [2.45, 2.75) is 25.7 Å². The molecular weight excluding hydrogens is 382 g/mol. The highest BCUT2D eigenvalue weighted by Crippen LogP contribution is 2.30. The van der Waals surface area contributed by atoms with Gasteiger partial charge < -0.3 is 14.6 Å². The number of ether oxygens (including phenoxy) is 2. The topological polar surface area (TPSA) is 76.0 Å². The van der Waals surface area contributed by atoms with Gasteiger partial charge in [-0.3, -0.25) is 4.79 Å². The molecule has 0 amide bonds. The molecule has 1 heterocycles. The fraction of sp³-hybridized carbons (Fsp3) is 0.286. The summed E-state index contributed by atoms with van der Waals surface area (Å²) in [7, 11) is 0. The average molecular weight is 405 g/mol. The number of allylic oxidation sites excluding steroid dienone is 1. The van der Waals surface area contributed by atoms with E-state index in [-0.39, 0.29) is 11.1 Å². The third-order valence-corrected chi connectivity index (χ3v) is 4.87. The lowest BCUT2D eigenvalue weighted by Crippen LogP contribution is -2.41. The maximum Gasteiger partial charge on any atom is 0.303 e. The lowest BCUT2D eigenvalue weighted by atomic mass is 10.3. The van der Waals surface area contributed by atoms with Crippen molar-refractivity contribution in [3.63, 3.8) is 0 Å². The molecule has 1 atom stereocenters. The number of benzene rings is 2. The van der Waals surface area contributed by atoms with Gasteiger partial charge >= 0.3 is 5.97 Å². The molecule has 1 aliphatic heterocycles. The molecule has 0 saturated carbocycles. The highest BCUT2D eigenvalue weighted by atomic mass is 35.5. The number of hydrogen-bond donors (Lipinski definition) is 2. The van der Waals surface area contributed by atoms with Crippen LogP contribution in [0.3, 0.4) is 0 Å². The molecule has 148 valence electrons. The quantitative estimate of drug-likeness (QED) is 0.466. The second-order valence-corrected chi connectivity index (χ2v) is 7.16. The zero-order chi connectivity index (χ0) is 20.0. The van der Waals surface area contributed by atoms with Crippen molar-refractivity contribution in [2.24, 2.45) is 0 Å². The van der Waals surface area contributed by atoms with Gasteiger partial charge in [-0.25, -0.2) is 5.21 Å². The maximum absolute atomic E-state index is 10.7. The average Bonchev–Trinajstić information content (AvgIpc) is 3.03. The summed E-state index contributed by atoms with van der Waals surface area (Å²) in [5.74, 6) is 1.13. The Morgan fingerprint density at radius 1 is 1.07 bits per heavy atom. The maximum atomic E-state index is 10.7. The molecule has 0 spiro atoms. The van der Waals surface area contributed by atoms with Crippen molar-refractivity contribution in [3.8, 4) is 17.2 Å². The molecule has 1 aliphatic rings. The Morgan fingerprint density at radius 2 is 1.68 bits per heavy atom. The standard InChI is InChI=1S/C21H22ClNO5/c22-16-5-7-19(8-6-16)28-20-11-9-18(10-12-20)27-15-17-3-1-13-23(17,26)14-2-4-21(24)25/h5-12,15,26H,1-4,13-14H2/p+1/b17-15-. The van der Waals surface area contributed by atoms with E-state index in [2.05, 4.69) is 0 Å². The van der Waals surface area contributed by atoms with Crippen molar-refractivity contribution < 1.29 is 29.2 Å². The van der Waals surface area contributed by atoms with Gasteiger partial charge in [0, 0.05) is 24.3 Å². The molecule has 6 nitrogen and oxygen atoms in total. The van der Waals surface area contributed by atoms with Gasteiger partial charge in [0.2, 0.25) is 0 Å². The van der Waals surface area contributed by atoms with Crippen LogP contribution in [0, 0.1) is 0 Å². The molecule has 1 saturated heterocycles. The number of carboxylic acids is 1. The minimum atomic E-state index is -0.853. The van der Waals surface area contributed by atoms with Crippen LogP contribution >= 0.6 is 11.6 Å². The monoisotopic (exact) mass is 404 g/mol. The van der Waals surface area contributed by atoms with Crippen molar-refractivity contribution in [3.05, 3.63) is 65.5 Å². The van der Waals surface area contributed by atoms with Crippen LogP contribution in [-0.4, -0.2) is 34.0 Å². The number of carbonyl (C=O) groups is 1. The van der Waals surface area contributed by atoms with Crippen molar-refractivity contribution in [1.82, 2.24) is 0 Å². The molecule has 2 N–H and O–H groups in total. The van der Waals surface area contributed by atoms with Crippen molar-refractivity contribution >= 4 is 17.6 Å². The van der Waals surface area contributed by atoms with E-state index < -0.39 is 5.97 Å². The van der Waals surface area contributed by atoms with E-state index in [0.29, 0.717) is 41.8 Å². The Labute approximate surface area is 168 Å². The predicted octanol–water partition coefficient (Wildman–Crippen LogP) is 5.22.